The molecular weight excluding hydrogens is 260 g/mol. The van der Waals surface area contributed by atoms with Crippen molar-refractivity contribution in [1.29, 1.82) is 0 Å². The van der Waals surface area contributed by atoms with E-state index in [0.29, 0.717) is 16.5 Å². The van der Waals surface area contributed by atoms with Crippen molar-refractivity contribution in [3.8, 4) is 11.4 Å². The summed E-state index contributed by atoms with van der Waals surface area (Å²) in [5, 5.41) is 0.619. The summed E-state index contributed by atoms with van der Waals surface area (Å²) < 4.78 is 1.89. The molecule has 19 heavy (non-hydrogen) atoms. The molecule has 0 spiro atoms. The Kier molecular flexibility index (Phi) is 2.84. The summed E-state index contributed by atoms with van der Waals surface area (Å²) in [5.74, 6) is 0.633. The predicted molar refractivity (Wildman–Crippen MR) is 75.6 cm³/mol. The highest BCUT2D eigenvalue weighted by Gasteiger charge is 2.16. The molecule has 0 atom stereocenters. The summed E-state index contributed by atoms with van der Waals surface area (Å²) in [4.78, 5) is 16.1. The second kappa shape index (κ2) is 4.52. The Balaban J connectivity index is 2.37. The number of hydrogen-bond acceptors (Lipinski definition) is 2. The average molecular weight is 271 g/mol. The molecule has 0 fully saturated rings. The minimum Gasteiger partial charge on any atom is -0.299 e. The van der Waals surface area contributed by atoms with Crippen molar-refractivity contribution in [2.24, 2.45) is 0 Å². The van der Waals surface area contributed by atoms with Crippen LogP contribution in [0.1, 0.15) is 17.4 Å². The molecule has 3 rings (SSSR count). The number of aromatic nitrogens is 2. The Hall–Kier alpha value is -2.13. The van der Waals surface area contributed by atoms with Crippen LogP contribution in [-0.4, -0.2) is 15.2 Å². The van der Waals surface area contributed by atoms with Crippen LogP contribution < -0.4 is 0 Å². The van der Waals surface area contributed by atoms with Crippen LogP contribution in [0, 0.1) is 0 Å². The minimum absolute atomic E-state index is 0.0537. The second-order valence-electron chi connectivity index (χ2n) is 4.28. The van der Waals surface area contributed by atoms with Gasteiger partial charge < -0.3 is 0 Å². The fraction of sp³-hybridized carbons (Fsp3) is 0.0667. The molecule has 1 aromatic carbocycles. The maximum Gasteiger partial charge on any atom is 0.180 e. The Morgan fingerprint density at radius 1 is 1.16 bits per heavy atom. The third-order valence-corrected chi connectivity index (χ3v) is 3.33. The van der Waals surface area contributed by atoms with Gasteiger partial charge in [-0.25, -0.2) is 4.98 Å². The van der Waals surface area contributed by atoms with Gasteiger partial charge in [0.1, 0.15) is 11.5 Å². The number of pyridine rings is 1. The number of rotatable bonds is 2. The number of carbonyl (C=O) groups is 1. The number of carbonyl (C=O) groups excluding carboxylic acids is 1. The molecule has 0 aliphatic heterocycles. The highest BCUT2D eigenvalue weighted by atomic mass is 35.5. The molecule has 0 saturated carbocycles. The van der Waals surface area contributed by atoms with E-state index in [1.165, 1.54) is 6.92 Å². The van der Waals surface area contributed by atoms with E-state index in [1.54, 1.807) is 0 Å². The number of nitrogens with zero attached hydrogens (tertiary/aromatic N) is 2. The molecule has 3 nitrogen and oxygen atoms in total. The molecule has 0 aliphatic rings. The van der Waals surface area contributed by atoms with Crippen molar-refractivity contribution in [2.75, 3.05) is 0 Å². The molecule has 0 saturated heterocycles. The molecule has 2 heterocycles. The third kappa shape index (κ3) is 1.92. The Morgan fingerprint density at radius 2 is 1.89 bits per heavy atom. The number of benzene rings is 1. The van der Waals surface area contributed by atoms with Crippen LogP contribution in [0.25, 0.3) is 16.9 Å². The normalized spacial score (nSPS) is 10.8. The molecule has 3 aromatic rings. The van der Waals surface area contributed by atoms with Crippen LogP contribution >= 0.6 is 11.6 Å². The first-order valence-electron chi connectivity index (χ1n) is 5.91. The van der Waals surface area contributed by atoms with Gasteiger partial charge in [-0.05, 0) is 24.3 Å². The van der Waals surface area contributed by atoms with Gasteiger partial charge in [-0.3, -0.25) is 9.20 Å². The monoisotopic (exact) mass is 270 g/mol. The summed E-state index contributed by atoms with van der Waals surface area (Å²) in [5.41, 5.74) is 2.08. The standard InChI is InChI=1S/C15H11ClN2O/c1-10(19)14-13-8-4-5-9-18(13)15(17-14)11-6-2-3-7-12(11)16/h2-9H,1H3. The van der Waals surface area contributed by atoms with Gasteiger partial charge in [0.05, 0.1) is 10.5 Å². The lowest BCUT2D eigenvalue weighted by Crippen LogP contribution is -1.92. The van der Waals surface area contributed by atoms with Gasteiger partial charge in [0.25, 0.3) is 0 Å². The van der Waals surface area contributed by atoms with E-state index in [0.717, 1.165) is 11.1 Å². The smallest absolute Gasteiger partial charge is 0.180 e. The molecule has 4 heteroatoms. The van der Waals surface area contributed by atoms with Crippen LogP contribution in [0.3, 0.4) is 0 Å². The summed E-state index contributed by atoms with van der Waals surface area (Å²) in [6, 6.07) is 13.2. The summed E-state index contributed by atoms with van der Waals surface area (Å²) >= 11 is 6.21. The van der Waals surface area contributed by atoms with Gasteiger partial charge in [0.15, 0.2) is 5.78 Å². The van der Waals surface area contributed by atoms with E-state index in [9.17, 15) is 4.79 Å². The molecule has 2 aromatic heterocycles. The Bertz CT molecular complexity index is 777. The number of halogens is 1. The van der Waals surface area contributed by atoms with Crippen molar-refractivity contribution in [3.63, 3.8) is 0 Å². The quantitative estimate of drug-likeness (QED) is 0.663. The van der Waals surface area contributed by atoms with E-state index in [1.807, 2.05) is 53.1 Å². The second-order valence-corrected chi connectivity index (χ2v) is 4.68. The Labute approximate surface area is 115 Å². The van der Waals surface area contributed by atoms with Gasteiger partial charge in [-0.2, -0.15) is 0 Å². The first-order valence-corrected chi connectivity index (χ1v) is 6.29. The molecule has 0 N–H and O–H groups in total. The number of ketones is 1. The van der Waals surface area contributed by atoms with Crippen LogP contribution in [-0.2, 0) is 0 Å². The zero-order valence-electron chi connectivity index (χ0n) is 10.3. The van der Waals surface area contributed by atoms with E-state index in [2.05, 4.69) is 4.98 Å². The summed E-state index contributed by atoms with van der Waals surface area (Å²) in [6.45, 7) is 1.52. The Morgan fingerprint density at radius 3 is 2.63 bits per heavy atom. The van der Waals surface area contributed by atoms with Crippen molar-refractivity contribution in [2.45, 2.75) is 6.92 Å². The van der Waals surface area contributed by atoms with Gasteiger partial charge >= 0.3 is 0 Å². The van der Waals surface area contributed by atoms with E-state index in [-0.39, 0.29) is 5.78 Å². The fourth-order valence-electron chi connectivity index (χ4n) is 2.13. The number of imidazole rings is 1. The summed E-state index contributed by atoms with van der Waals surface area (Å²) in [6.07, 6.45) is 1.88. The average Bonchev–Trinajstić information content (AvgIpc) is 2.79. The molecule has 94 valence electrons. The predicted octanol–water partition coefficient (Wildman–Crippen LogP) is 3.86. The highest BCUT2D eigenvalue weighted by molar-refractivity contribution is 6.33. The van der Waals surface area contributed by atoms with Crippen molar-refractivity contribution < 1.29 is 4.79 Å². The van der Waals surface area contributed by atoms with E-state index in [4.69, 9.17) is 11.6 Å². The van der Waals surface area contributed by atoms with E-state index < -0.39 is 0 Å². The fourth-order valence-corrected chi connectivity index (χ4v) is 2.35. The van der Waals surface area contributed by atoms with Crippen molar-refractivity contribution in [1.82, 2.24) is 9.38 Å². The molecule has 0 aliphatic carbocycles. The van der Waals surface area contributed by atoms with Crippen molar-refractivity contribution in [3.05, 3.63) is 59.4 Å². The van der Waals surface area contributed by atoms with Crippen LogP contribution in [0.4, 0.5) is 0 Å². The summed E-state index contributed by atoms with van der Waals surface area (Å²) in [7, 11) is 0. The first-order chi connectivity index (χ1) is 9.18. The maximum absolute atomic E-state index is 11.7. The first kappa shape index (κ1) is 11.9. The third-order valence-electron chi connectivity index (χ3n) is 3.00. The SMILES string of the molecule is CC(=O)c1nc(-c2ccccc2Cl)n2ccccc12. The van der Waals surface area contributed by atoms with Gasteiger partial charge in [-0.15, -0.1) is 0 Å². The van der Waals surface area contributed by atoms with Gasteiger partial charge in [0, 0.05) is 18.7 Å². The lowest BCUT2D eigenvalue weighted by Gasteiger charge is -2.02. The molecule has 0 unspecified atom stereocenters. The molecule has 0 radical (unpaired) electrons. The van der Waals surface area contributed by atoms with Crippen molar-refractivity contribution >= 4 is 22.9 Å². The van der Waals surface area contributed by atoms with Gasteiger partial charge in [-0.1, -0.05) is 29.8 Å². The van der Waals surface area contributed by atoms with E-state index >= 15 is 0 Å². The van der Waals surface area contributed by atoms with Crippen LogP contribution in [0.5, 0.6) is 0 Å². The zero-order valence-corrected chi connectivity index (χ0v) is 11.1. The highest BCUT2D eigenvalue weighted by Crippen LogP contribution is 2.28. The van der Waals surface area contributed by atoms with Crippen LogP contribution in [0.2, 0.25) is 5.02 Å². The maximum atomic E-state index is 11.7. The molecule has 0 amide bonds. The molecular formula is C15H11ClN2O. The topological polar surface area (TPSA) is 34.4 Å². The van der Waals surface area contributed by atoms with Crippen LogP contribution in [0.15, 0.2) is 48.7 Å². The lowest BCUT2D eigenvalue weighted by atomic mass is 10.2. The molecule has 0 bridgehead atoms. The lowest BCUT2D eigenvalue weighted by molar-refractivity contribution is 0.101. The number of hydrogen-bond donors (Lipinski definition) is 0. The number of Topliss-reactive ketones (excluding diaryl/α,β-unsaturated/α-hetero) is 1. The zero-order chi connectivity index (χ0) is 13.4. The largest absolute Gasteiger partial charge is 0.299 e. The minimum atomic E-state index is -0.0537. The number of fused-ring (bicyclic) bond motifs is 1. The van der Waals surface area contributed by atoms with Gasteiger partial charge in [0.2, 0.25) is 0 Å².